The summed E-state index contributed by atoms with van der Waals surface area (Å²) in [5.74, 6) is -0.465. The molecule has 10 heteroatoms. The van der Waals surface area contributed by atoms with Crippen molar-refractivity contribution in [2.24, 2.45) is 5.14 Å². The number of primary sulfonamides is 1. The molecule has 3 aromatic carbocycles. The van der Waals surface area contributed by atoms with Crippen molar-refractivity contribution in [1.29, 1.82) is 0 Å². The second-order valence-electron chi connectivity index (χ2n) is 6.78. The minimum Gasteiger partial charge on any atom is -0.345 e. The van der Waals surface area contributed by atoms with Crippen LogP contribution in [0.3, 0.4) is 0 Å². The molecule has 162 valence electrons. The second-order valence-corrected chi connectivity index (χ2v) is 10.0. The Morgan fingerprint density at radius 2 is 1.45 bits per heavy atom. The van der Waals surface area contributed by atoms with Crippen molar-refractivity contribution >= 4 is 31.6 Å². The fourth-order valence-electron chi connectivity index (χ4n) is 2.89. The minimum absolute atomic E-state index is 0.0567. The number of carbonyl (C=O) groups is 1. The lowest BCUT2D eigenvalue weighted by atomic mass is 10.1. The largest absolute Gasteiger partial charge is 0.345 e. The van der Waals surface area contributed by atoms with Gasteiger partial charge in [0.05, 0.1) is 27.1 Å². The number of para-hydroxylation sites is 1. The van der Waals surface area contributed by atoms with Crippen LogP contribution in [0.25, 0.3) is 0 Å². The molecule has 0 saturated carbocycles. The Morgan fingerprint density at radius 3 is 2.13 bits per heavy atom. The van der Waals surface area contributed by atoms with Gasteiger partial charge in [-0.25, -0.2) is 22.0 Å². The number of amides is 1. The third kappa shape index (κ3) is 5.48. The first kappa shape index (κ1) is 22.5. The molecule has 0 radical (unpaired) electrons. The van der Waals surface area contributed by atoms with Crippen LogP contribution in [0.1, 0.15) is 28.9 Å². The lowest BCUT2D eigenvalue weighted by molar-refractivity contribution is 0.0940. The van der Waals surface area contributed by atoms with E-state index in [2.05, 4.69) is 10.0 Å². The van der Waals surface area contributed by atoms with Gasteiger partial charge in [0.15, 0.2) is 0 Å². The summed E-state index contributed by atoms with van der Waals surface area (Å²) >= 11 is 0. The number of nitrogens with two attached hydrogens (primary N) is 1. The minimum atomic E-state index is -4.18. The molecule has 3 aromatic rings. The van der Waals surface area contributed by atoms with E-state index in [0.717, 1.165) is 11.6 Å². The number of rotatable bonds is 7. The number of carbonyl (C=O) groups excluding carboxylic acids is 1. The molecule has 0 fully saturated rings. The van der Waals surface area contributed by atoms with Gasteiger partial charge in [-0.2, -0.15) is 0 Å². The Balaban J connectivity index is 1.87. The van der Waals surface area contributed by atoms with Crippen LogP contribution in [-0.2, 0) is 20.0 Å². The van der Waals surface area contributed by atoms with Crippen molar-refractivity contribution in [3.05, 3.63) is 90.0 Å². The molecule has 3 rings (SSSR count). The van der Waals surface area contributed by atoms with Crippen molar-refractivity contribution in [1.82, 2.24) is 5.32 Å². The zero-order valence-corrected chi connectivity index (χ0v) is 18.2. The third-order valence-corrected chi connectivity index (χ3v) is 6.78. The molecule has 1 amide bonds. The molecular weight excluding hydrogens is 438 g/mol. The third-order valence-electron chi connectivity index (χ3n) is 4.51. The van der Waals surface area contributed by atoms with Gasteiger partial charge in [-0.05, 0) is 42.8 Å². The van der Waals surface area contributed by atoms with Gasteiger partial charge in [0.2, 0.25) is 10.0 Å². The Hall–Kier alpha value is -3.21. The van der Waals surface area contributed by atoms with Gasteiger partial charge in [0.25, 0.3) is 15.9 Å². The molecular formula is C21H21N3O5S2. The molecule has 0 aliphatic rings. The molecule has 0 bridgehead atoms. The molecule has 0 spiro atoms. The summed E-state index contributed by atoms with van der Waals surface area (Å²) in [6.07, 6.45) is 0. The van der Waals surface area contributed by atoms with Gasteiger partial charge in [-0.1, -0.05) is 48.5 Å². The van der Waals surface area contributed by atoms with Crippen molar-refractivity contribution in [2.75, 3.05) is 4.72 Å². The monoisotopic (exact) mass is 459 g/mol. The van der Waals surface area contributed by atoms with Crippen molar-refractivity contribution in [2.45, 2.75) is 22.8 Å². The van der Waals surface area contributed by atoms with E-state index in [1.54, 1.807) is 12.1 Å². The summed E-state index contributed by atoms with van der Waals surface area (Å²) in [5, 5.41) is 7.92. The van der Waals surface area contributed by atoms with Gasteiger partial charge in [-0.3, -0.25) is 9.52 Å². The summed E-state index contributed by atoms with van der Waals surface area (Å²) in [6, 6.07) is 19.8. The molecule has 1 unspecified atom stereocenters. The first-order chi connectivity index (χ1) is 14.6. The van der Waals surface area contributed by atoms with Crippen LogP contribution >= 0.6 is 0 Å². The van der Waals surface area contributed by atoms with E-state index < -0.39 is 26.0 Å². The SMILES string of the molecule is CC(NC(=O)c1ccccc1NS(=O)(=O)c1cccc(S(N)(=O)=O)c1)c1ccccc1. The van der Waals surface area contributed by atoms with E-state index in [1.165, 1.54) is 30.3 Å². The first-order valence-electron chi connectivity index (χ1n) is 9.18. The Labute approximate surface area is 181 Å². The number of anilines is 1. The maximum absolute atomic E-state index is 12.8. The average molecular weight is 460 g/mol. The van der Waals surface area contributed by atoms with E-state index in [1.807, 2.05) is 37.3 Å². The van der Waals surface area contributed by atoms with Crippen LogP contribution in [0.15, 0.2) is 88.7 Å². The second kappa shape index (κ2) is 8.88. The quantitative estimate of drug-likeness (QED) is 0.499. The molecule has 0 aromatic heterocycles. The summed E-state index contributed by atoms with van der Waals surface area (Å²) < 4.78 is 51.1. The summed E-state index contributed by atoms with van der Waals surface area (Å²) in [7, 11) is -8.26. The van der Waals surface area contributed by atoms with E-state index >= 15 is 0 Å². The summed E-state index contributed by atoms with van der Waals surface area (Å²) in [4.78, 5) is 12.2. The standard InChI is InChI=1S/C21H21N3O5S2/c1-15(16-8-3-2-4-9-16)23-21(25)19-12-5-6-13-20(19)24-31(28,29)18-11-7-10-17(14-18)30(22,26)27/h2-15,24H,1H3,(H,23,25)(H2,22,26,27). The Bertz CT molecular complexity index is 1310. The average Bonchev–Trinajstić information content (AvgIpc) is 2.74. The number of hydrogen-bond acceptors (Lipinski definition) is 5. The van der Waals surface area contributed by atoms with Gasteiger partial charge >= 0.3 is 0 Å². The van der Waals surface area contributed by atoms with E-state index in [-0.39, 0.29) is 27.1 Å². The zero-order chi connectivity index (χ0) is 22.6. The number of hydrogen-bond donors (Lipinski definition) is 3. The molecule has 0 saturated heterocycles. The van der Waals surface area contributed by atoms with Crippen molar-refractivity contribution in [3.8, 4) is 0 Å². The van der Waals surface area contributed by atoms with Crippen LogP contribution in [0.5, 0.6) is 0 Å². The predicted molar refractivity (Wildman–Crippen MR) is 117 cm³/mol. The van der Waals surface area contributed by atoms with Crippen LogP contribution < -0.4 is 15.2 Å². The van der Waals surface area contributed by atoms with Crippen molar-refractivity contribution in [3.63, 3.8) is 0 Å². The van der Waals surface area contributed by atoms with Crippen LogP contribution in [-0.4, -0.2) is 22.7 Å². The van der Waals surface area contributed by atoms with Crippen LogP contribution in [0.4, 0.5) is 5.69 Å². The highest BCUT2D eigenvalue weighted by atomic mass is 32.2. The number of benzene rings is 3. The van der Waals surface area contributed by atoms with Gasteiger partial charge in [0.1, 0.15) is 0 Å². The normalized spacial score (nSPS) is 12.7. The van der Waals surface area contributed by atoms with E-state index in [9.17, 15) is 21.6 Å². The lowest BCUT2D eigenvalue weighted by Crippen LogP contribution is -2.28. The molecule has 31 heavy (non-hydrogen) atoms. The zero-order valence-electron chi connectivity index (χ0n) is 16.5. The smallest absolute Gasteiger partial charge is 0.261 e. The fraction of sp³-hybridized carbons (Fsp3) is 0.0952. The highest BCUT2D eigenvalue weighted by molar-refractivity contribution is 7.93. The predicted octanol–water partition coefficient (Wildman–Crippen LogP) is 2.63. The molecule has 0 aliphatic carbocycles. The summed E-state index contributed by atoms with van der Waals surface area (Å²) in [5.41, 5.74) is 1.08. The summed E-state index contributed by atoms with van der Waals surface area (Å²) in [6.45, 7) is 1.82. The topological polar surface area (TPSA) is 135 Å². The highest BCUT2D eigenvalue weighted by Gasteiger charge is 2.21. The van der Waals surface area contributed by atoms with Crippen LogP contribution in [0.2, 0.25) is 0 Å². The molecule has 1 atom stereocenters. The maximum Gasteiger partial charge on any atom is 0.261 e. The van der Waals surface area contributed by atoms with E-state index in [0.29, 0.717) is 0 Å². The van der Waals surface area contributed by atoms with E-state index in [4.69, 9.17) is 5.14 Å². The van der Waals surface area contributed by atoms with Gasteiger partial charge < -0.3 is 5.32 Å². The Kier molecular flexibility index (Phi) is 6.44. The maximum atomic E-state index is 12.8. The fourth-order valence-corrected chi connectivity index (χ4v) is 4.65. The lowest BCUT2D eigenvalue weighted by Gasteiger charge is -2.17. The van der Waals surface area contributed by atoms with Gasteiger partial charge in [0, 0.05) is 0 Å². The highest BCUT2D eigenvalue weighted by Crippen LogP contribution is 2.22. The molecule has 0 aliphatic heterocycles. The number of sulfonamides is 2. The molecule has 0 heterocycles. The molecule has 4 N–H and O–H groups in total. The number of nitrogens with one attached hydrogen (secondary N) is 2. The molecule has 8 nitrogen and oxygen atoms in total. The van der Waals surface area contributed by atoms with Crippen molar-refractivity contribution < 1.29 is 21.6 Å². The Morgan fingerprint density at radius 1 is 0.839 bits per heavy atom. The van der Waals surface area contributed by atoms with Crippen LogP contribution in [0, 0.1) is 0 Å². The first-order valence-corrected chi connectivity index (χ1v) is 12.2. The van der Waals surface area contributed by atoms with Gasteiger partial charge in [-0.15, -0.1) is 0 Å².